The summed E-state index contributed by atoms with van der Waals surface area (Å²) in [6, 6.07) is 7.92. The number of ether oxygens (including phenoxy) is 2. The molecule has 1 aromatic carbocycles. The number of thiazole rings is 1. The van der Waals surface area contributed by atoms with E-state index in [-0.39, 0.29) is 5.76 Å². The first-order valence-electron chi connectivity index (χ1n) is 5.84. The van der Waals surface area contributed by atoms with Crippen molar-refractivity contribution < 1.29 is 14.3 Å². The molecule has 0 N–H and O–H groups in total. The van der Waals surface area contributed by atoms with E-state index in [4.69, 9.17) is 9.47 Å². The van der Waals surface area contributed by atoms with Gasteiger partial charge in [-0.2, -0.15) is 4.99 Å². The van der Waals surface area contributed by atoms with Gasteiger partial charge in [0.25, 0.3) is 0 Å². The monoisotopic (exact) mass is 276 g/mol. The van der Waals surface area contributed by atoms with E-state index >= 15 is 0 Å². The molecule has 0 saturated heterocycles. The maximum Gasteiger partial charge on any atom is 0.317 e. The van der Waals surface area contributed by atoms with Crippen molar-refractivity contribution in [1.82, 2.24) is 4.57 Å². The number of hydrogen-bond donors (Lipinski definition) is 0. The molecule has 0 fully saturated rings. The van der Waals surface area contributed by atoms with E-state index in [9.17, 15) is 4.79 Å². The molecule has 0 spiro atoms. The van der Waals surface area contributed by atoms with Gasteiger partial charge in [-0.3, -0.25) is 4.79 Å². The number of carbonyl (C=O) groups excluding carboxylic acids is 1. The van der Waals surface area contributed by atoms with Crippen LogP contribution in [0.5, 0.6) is 0 Å². The SMILES string of the molecule is Cn1c(=NC(=O)C2=COCCO2)sc2ccccc21. The van der Waals surface area contributed by atoms with Crippen LogP contribution in [0.4, 0.5) is 0 Å². The fourth-order valence-electron chi connectivity index (χ4n) is 1.81. The summed E-state index contributed by atoms with van der Waals surface area (Å²) in [5.74, 6) is -0.259. The fraction of sp³-hybridized carbons (Fsp3) is 0.231. The Morgan fingerprint density at radius 2 is 2.21 bits per heavy atom. The summed E-state index contributed by atoms with van der Waals surface area (Å²) >= 11 is 1.47. The predicted octanol–water partition coefficient (Wildman–Crippen LogP) is 1.56. The maximum absolute atomic E-state index is 11.9. The summed E-state index contributed by atoms with van der Waals surface area (Å²) in [5, 5.41) is 0. The van der Waals surface area contributed by atoms with Crippen LogP contribution in [-0.2, 0) is 21.3 Å². The van der Waals surface area contributed by atoms with E-state index < -0.39 is 5.91 Å². The Kier molecular flexibility index (Phi) is 3.08. The molecule has 1 aliphatic rings. The van der Waals surface area contributed by atoms with Crippen molar-refractivity contribution in [1.29, 1.82) is 0 Å². The number of aryl methyl sites for hydroxylation is 1. The van der Waals surface area contributed by atoms with Crippen molar-refractivity contribution in [3.63, 3.8) is 0 Å². The molecule has 0 unspecified atom stereocenters. The zero-order valence-corrected chi connectivity index (χ0v) is 11.1. The standard InChI is InChI=1S/C13H12N2O3S/c1-15-9-4-2-3-5-11(9)19-13(15)14-12(16)10-8-17-6-7-18-10/h2-5,8H,6-7H2,1H3. The van der Waals surface area contributed by atoms with Crippen LogP contribution in [0.2, 0.25) is 0 Å². The first-order valence-corrected chi connectivity index (χ1v) is 6.65. The van der Waals surface area contributed by atoms with E-state index in [1.165, 1.54) is 17.6 Å². The summed E-state index contributed by atoms with van der Waals surface area (Å²) in [6.07, 6.45) is 1.32. The molecule has 0 bridgehead atoms. The third-order valence-electron chi connectivity index (χ3n) is 2.77. The topological polar surface area (TPSA) is 52.8 Å². The minimum absolute atomic E-state index is 0.156. The highest BCUT2D eigenvalue weighted by Crippen LogP contribution is 2.15. The number of fused-ring (bicyclic) bond motifs is 1. The number of aromatic nitrogens is 1. The number of benzene rings is 1. The summed E-state index contributed by atoms with van der Waals surface area (Å²) in [5.41, 5.74) is 1.05. The summed E-state index contributed by atoms with van der Waals surface area (Å²) in [7, 11) is 1.89. The van der Waals surface area contributed by atoms with E-state index in [0.717, 1.165) is 10.2 Å². The third-order valence-corrected chi connectivity index (χ3v) is 3.88. The molecule has 0 radical (unpaired) electrons. The normalized spacial score (nSPS) is 15.8. The van der Waals surface area contributed by atoms with Crippen molar-refractivity contribution >= 4 is 27.5 Å². The lowest BCUT2D eigenvalue weighted by Crippen LogP contribution is -2.18. The van der Waals surface area contributed by atoms with Gasteiger partial charge in [0.05, 0.1) is 10.2 Å². The average Bonchev–Trinajstić information content (AvgIpc) is 2.77. The highest BCUT2D eigenvalue weighted by molar-refractivity contribution is 7.16. The first-order chi connectivity index (χ1) is 9.25. The van der Waals surface area contributed by atoms with E-state index in [0.29, 0.717) is 18.0 Å². The third kappa shape index (κ3) is 2.26. The molecule has 0 saturated carbocycles. The summed E-state index contributed by atoms with van der Waals surface area (Å²) < 4.78 is 13.3. The Labute approximate surface area is 113 Å². The zero-order chi connectivity index (χ0) is 13.2. The lowest BCUT2D eigenvalue weighted by Gasteiger charge is -2.12. The fourth-order valence-corrected chi connectivity index (χ4v) is 2.83. The van der Waals surface area contributed by atoms with Crippen LogP contribution in [0.1, 0.15) is 0 Å². The van der Waals surface area contributed by atoms with Crippen molar-refractivity contribution in [2.24, 2.45) is 12.0 Å². The first kappa shape index (κ1) is 12.0. The van der Waals surface area contributed by atoms with Gasteiger partial charge in [-0.05, 0) is 12.1 Å². The van der Waals surface area contributed by atoms with Gasteiger partial charge in [0.2, 0.25) is 5.76 Å². The lowest BCUT2D eigenvalue weighted by atomic mass is 10.3. The number of nitrogens with zero attached hydrogens (tertiary/aromatic N) is 2. The number of carbonyl (C=O) groups is 1. The van der Waals surface area contributed by atoms with Gasteiger partial charge in [-0.1, -0.05) is 23.5 Å². The molecule has 1 aromatic heterocycles. The van der Waals surface area contributed by atoms with Crippen molar-refractivity contribution in [2.45, 2.75) is 0 Å². The van der Waals surface area contributed by atoms with E-state index in [1.807, 2.05) is 35.9 Å². The van der Waals surface area contributed by atoms with Gasteiger partial charge < -0.3 is 14.0 Å². The van der Waals surface area contributed by atoms with Gasteiger partial charge >= 0.3 is 5.91 Å². The largest absolute Gasteiger partial charge is 0.494 e. The molecule has 2 heterocycles. The van der Waals surface area contributed by atoms with Crippen LogP contribution in [0.25, 0.3) is 10.2 Å². The lowest BCUT2D eigenvalue weighted by molar-refractivity contribution is -0.119. The average molecular weight is 276 g/mol. The Balaban J connectivity index is 2.03. The molecule has 3 rings (SSSR count). The molecule has 2 aromatic rings. The molecule has 5 nitrogen and oxygen atoms in total. The maximum atomic E-state index is 11.9. The van der Waals surface area contributed by atoms with E-state index in [1.54, 1.807) is 0 Å². The van der Waals surface area contributed by atoms with Crippen molar-refractivity contribution in [3.05, 3.63) is 41.1 Å². The van der Waals surface area contributed by atoms with Gasteiger partial charge in [0.1, 0.15) is 19.5 Å². The number of amides is 1. The van der Waals surface area contributed by atoms with Crippen LogP contribution in [0, 0.1) is 0 Å². The molecule has 1 aliphatic heterocycles. The van der Waals surface area contributed by atoms with Crippen molar-refractivity contribution in [3.8, 4) is 0 Å². The molecule has 98 valence electrons. The molecular weight excluding hydrogens is 264 g/mol. The minimum atomic E-state index is -0.415. The second-order valence-corrected chi connectivity index (χ2v) is 5.04. The quantitative estimate of drug-likeness (QED) is 0.794. The van der Waals surface area contributed by atoms with Gasteiger partial charge in [0.15, 0.2) is 4.80 Å². The van der Waals surface area contributed by atoms with Crippen LogP contribution in [0.15, 0.2) is 41.3 Å². The van der Waals surface area contributed by atoms with Crippen LogP contribution < -0.4 is 4.80 Å². The molecular formula is C13H12N2O3S. The summed E-state index contributed by atoms with van der Waals surface area (Å²) in [6.45, 7) is 0.846. The number of rotatable bonds is 1. The van der Waals surface area contributed by atoms with Crippen molar-refractivity contribution in [2.75, 3.05) is 13.2 Å². The summed E-state index contributed by atoms with van der Waals surface area (Å²) in [4.78, 5) is 16.7. The molecule has 0 aliphatic carbocycles. The second kappa shape index (κ2) is 4.89. The van der Waals surface area contributed by atoms with Gasteiger partial charge in [-0.15, -0.1) is 0 Å². The van der Waals surface area contributed by atoms with Gasteiger partial charge in [-0.25, -0.2) is 0 Å². The van der Waals surface area contributed by atoms with Gasteiger partial charge in [0, 0.05) is 7.05 Å². The minimum Gasteiger partial charge on any atom is -0.494 e. The number of para-hydroxylation sites is 1. The predicted molar refractivity (Wildman–Crippen MR) is 71.4 cm³/mol. The molecule has 6 heteroatoms. The highest BCUT2D eigenvalue weighted by Gasteiger charge is 2.14. The Bertz CT molecular complexity index is 727. The van der Waals surface area contributed by atoms with E-state index in [2.05, 4.69) is 4.99 Å². The van der Waals surface area contributed by atoms with Crippen LogP contribution in [-0.4, -0.2) is 23.7 Å². The number of hydrogen-bond acceptors (Lipinski definition) is 4. The Morgan fingerprint density at radius 1 is 1.37 bits per heavy atom. The Hall–Kier alpha value is -2.08. The Morgan fingerprint density at radius 3 is 2.95 bits per heavy atom. The van der Waals surface area contributed by atoms with Crippen LogP contribution in [0.3, 0.4) is 0 Å². The van der Waals surface area contributed by atoms with Crippen LogP contribution >= 0.6 is 11.3 Å². The second-order valence-electron chi connectivity index (χ2n) is 4.03. The molecule has 19 heavy (non-hydrogen) atoms. The smallest absolute Gasteiger partial charge is 0.317 e. The molecule has 1 amide bonds. The zero-order valence-electron chi connectivity index (χ0n) is 10.3. The molecule has 0 atom stereocenters. The highest BCUT2D eigenvalue weighted by atomic mass is 32.1.